The minimum atomic E-state index is 0.827. The Kier molecular flexibility index (Phi) is 4.40. The molecule has 0 aliphatic rings. The lowest BCUT2D eigenvalue weighted by Gasteiger charge is -2.14. The van der Waals surface area contributed by atoms with Gasteiger partial charge in [-0.2, -0.15) is 0 Å². The van der Waals surface area contributed by atoms with Crippen LogP contribution in [0.2, 0.25) is 0 Å². The average Bonchev–Trinajstić information content (AvgIpc) is 3.44. The first-order valence-electron chi connectivity index (χ1n) is 10.7. The summed E-state index contributed by atoms with van der Waals surface area (Å²) in [6, 6.07) is 14.7. The second kappa shape index (κ2) is 7.56. The topological polar surface area (TPSA) is 73.5 Å². The van der Waals surface area contributed by atoms with Gasteiger partial charge in [0.05, 0.1) is 34.9 Å². The molecule has 7 heteroatoms. The first-order valence-corrected chi connectivity index (χ1v) is 10.7. The van der Waals surface area contributed by atoms with Gasteiger partial charge in [-0.05, 0) is 41.3 Å². The van der Waals surface area contributed by atoms with Crippen LogP contribution < -0.4 is 5.32 Å². The summed E-state index contributed by atoms with van der Waals surface area (Å²) >= 11 is 0. The summed E-state index contributed by atoms with van der Waals surface area (Å²) in [6.07, 6.45) is 12.9. The van der Waals surface area contributed by atoms with E-state index >= 15 is 0 Å². The predicted octanol–water partition coefficient (Wildman–Crippen LogP) is 5.33. The Balaban J connectivity index is 1.49. The van der Waals surface area contributed by atoms with Crippen molar-refractivity contribution in [3.63, 3.8) is 0 Å². The minimum Gasteiger partial charge on any atom is -0.354 e. The molecule has 4 aromatic heterocycles. The summed E-state index contributed by atoms with van der Waals surface area (Å²) in [6.45, 7) is 0. The summed E-state index contributed by atoms with van der Waals surface area (Å²) < 4.78 is 4.06. The van der Waals surface area contributed by atoms with Crippen molar-refractivity contribution in [3.05, 3.63) is 86.0 Å². The van der Waals surface area contributed by atoms with E-state index in [2.05, 4.69) is 73.4 Å². The zero-order chi connectivity index (χ0) is 22.4. The van der Waals surface area contributed by atoms with Crippen molar-refractivity contribution in [1.82, 2.24) is 29.1 Å². The van der Waals surface area contributed by atoms with Gasteiger partial charge < -0.3 is 14.5 Å². The standard InChI is InChI=1S/C26H21N7/c1-32-15-24(30-16-32)20-5-7-27-14-23(20)31-19-12-21(26-22(13-19)28-8-9-29-26)18-4-3-17-6-10-33(2)25(17)11-18/h3-16,31H,1-2H3. The monoisotopic (exact) mass is 431 g/mol. The zero-order valence-electron chi connectivity index (χ0n) is 18.3. The summed E-state index contributed by atoms with van der Waals surface area (Å²) in [5.41, 5.74) is 8.64. The number of imidazole rings is 1. The molecule has 0 aliphatic carbocycles. The van der Waals surface area contributed by atoms with Gasteiger partial charge in [0.2, 0.25) is 0 Å². The van der Waals surface area contributed by atoms with Crippen LogP contribution in [0.15, 0.2) is 86.0 Å². The molecule has 1 N–H and O–H groups in total. The molecule has 7 nitrogen and oxygen atoms in total. The molecule has 0 unspecified atom stereocenters. The Morgan fingerprint density at radius 3 is 2.64 bits per heavy atom. The molecule has 0 amide bonds. The molecule has 2 aromatic carbocycles. The molecule has 0 atom stereocenters. The van der Waals surface area contributed by atoms with Crippen LogP contribution in [0, 0.1) is 0 Å². The van der Waals surface area contributed by atoms with Crippen LogP contribution in [0.3, 0.4) is 0 Å². The maximum Gasteiger partial charge on any atom is 0.0966 e. The first kappa shape index (κ1) is 19.2. The molecule has 160 valence electrons. The average molecular weight is 432 g/mol. The van der Waals surface area contributed by atoms with Gasteiger partial charge in [0.1, 0.15) is 0 Å². The first-order chi connectivity index (χ1) is 16.2. The molecule has 0 saturated heterocycles. The van der Waals surface area contributed by atoms with Crippen LogP contribution in [0.4, 0.5) is 11.4 Å². The van der Waals surface area contributed by atoms with Gasteiger partial charge in [-0.25, -0.2) is 4.98 Å². The van der Waals surface area contributed by atoms with Crippen molar-refractivity contribution in [2.24, 2.45) is 14.1 Å². The number of anilines is 2. The highest BCUT2D eigenvalue weighted by Gasteiger charge is 2.13. The fourth-order valence-corrected chi connectivity index (χ4v) is 4.22. The maximum atomic E-state index is 4.64. The molecule has 6 aromatic rings. The van der Waals surface area contributed by atoms with Crippen LogP contribution in [0.1, 0.15) is 0 Å². The van der Waals surface area contributed by atoms with Gasteiger partial charge in [0.15, 0.2) is 0 Å². The molecule has 0 fully saturated rings. The maximum absolute atomic E-state index is 4.64. The van der Waals surface area contributed by atoms with Crippen molar-refractivity contribution < 1.29 is 0 Å². The van der Waals surface area contributed by atoms with Gasteiger partial charge in [-0.15, -0.1) is 0 Å². The second-order valence-electron chi connectivity index (χ2n) is 8.12. The Morgan fingerprint density at radius 1 is 0.848 bits per heavy atom. The number of nitrogens with one attached hydrogen (secondary N) is 1. The minimum absolute atomic E-state index is 0.827. The van der Waals surface area contributed by atoms with Crippen molar-refractivity contribution in [3.8, 4) is 22.4 Å². The third-order valence-corrected chi connectivity index (χ3v) is 5.85. The van der Waals surface area contributed by atoms with E-state index in [9.17, 15) is 0 Å². The number of hydrogen-bond acceptors (Lipinski definition) is 5. The largest absolute Gasteiger partial charge is 0.354 e. The molecular weight excluding hydrogens is 410 g/mol. The van der Waals surface area contributed by atoms with Gasteiger partial charge in [0, 0.05) is 67.4 Å². The van der Waals surface area contributed by atoms with Crippen LogP contribution in [0.25, 0.3) is 44.3 Å². The number of rotatable bonds is 4. The quantitative estimate of drug-likeness (QED) is 0.409. The van der Waals surface area contributed by atoms with Gasteiger partial charge in [-0.1, -0.05) is 12.1 Å². The fraction of sp³-hybridized carbons (Fsp3) is 0.0769. The SMILES string of the molecule is Cn1cnc(-c2ccncc2Nc2cc(-c3ccc4ccn(C)c4c3)c3nccnc3c2)c1. The molecule has 33 heavy (non-hydrogen) atoms. The second-order valence-corrected chi connectivity index (χ2v) is 8.12. The molecule has 0 radical (unpaired) electrons. The number of fused-ring (bicyclic) bond motifs is 2. The normalized spacial score (nSPS) is 11.3. The molecule has 0 spiro atoms. The summed E-state index contributed by atoms with van der Waals surface area (Å²) in [5, 5.41) is 4.75. The molecule has 6 rings (SSSR count). The zero-order valence-corrected chi connectivity index (χ0v) is 18.3. The van der Waals surface area contributed by atoms with E-state index in [1.165, 1.54) is 10.9 Å². The molecular formula is C26H21N7. The van der Waals surface area contributed by atoms with Crippen LogP contribution in [-0.4, -0.2) is 29.1 Å². The number of benzene rings is 2. The van der Waals surface area contributed by atoms with Crippen molar-refractivity contribution in [2.75, 3.05) is 5.32 Å². The van der Waals surface area contributed by atoms with Crippen LogP contribution >= 0.6 is 0 Å². The van der Waals surface area contributed by atoms with Crippen LogP contribution in [0.5, 0.6) is 0 Å². The third kappa shape index (κ3) is 3.40. The number of aromatic nitrogens is 6. The lowest BCUT2D eigenvalue weighted by Crippen LogP contribution is -1.97. The van der Waals surface area contributed by atoms with E-state index in [1.54, 1.807) is 24.9 Å². The molecule has 4 heterocycles. The number of pyridine rings is 1. The molecule has 0 saturated carbocycles. The molecule has 0 bridgehead atoms. The highest BCUT2D eigenvalue weighted by Crippen LogP contribution is 2.34. The van der Waals surface area contributed by atoms with E-state index in [4.69, 9.17) is 0 Å². The number of hydrogen-bond donors (Lipinski definition) is 1. The lowest BCUT2D eigenvalue weighted by atomic mass is 10.0. The highest BCUT2D eigenvalue weighted by molar-refractivity contribution is 5.97. The number of aryl methyl sites for hydroxylation is 2. The summed E-state index contributed by atoms with van der Waals surface area (Å²) in [5.74, 6) is 0. The lowest BCUT2D eigenvalue weighted by molar-refractivity contribution is 0.913. The Hall–Kier alpha value is -4.52. The predicted molar refractivity (Wildman–Crippen MR) is 131 cm³/mol. The third-order valence-electron chi connectivity index (χ3n) is 5.85. The van der Waals surface area contributed by atoms with E-state index in [0.29, 0.717) is 0 Å². The van der Waals surface area contributed by atoms with Gasteiger partial charge in [-0.3, -0.25) is 15.0 Å². The highest BCUT2D eigenvalue weighted by atomic mass is 15.0. The van der Waals surface area contributed by atoms with Crippen molar-refractivity contribution in [1.29, 1.82) is 0 Å². The Labute approximate surface area is 190 Å². The van der Waals surface area contributed by atoms with Crippen molar-refractivity contribution >= 4 is 33.3 Å². The summed E-state index contributed by atoms with van der Waals surface area (Å²) in [7, 11) is 4.02. The fourth-order valence-electron chi connectivity index (χ4n) is 4.22. The van der Waals surface area contributed by atoms with E-state index in [0.717, 1.165) is 44.8 Å². The van der Waals surface area contributed by atoms with E-state index in [-0.39, 0.29) is 0 Å². The van der Waals surface area contributed by atoms with Crippen LogP contribution in [-0.2, 0) is 14.1 Å². The Bertz CT molecular complexity index is 1630. The smallest absolute Gasteiger partial charge is 0.0966 e. The molecule has 0 aliphatic heterocycles. The van der Waals surface area contributed by atoms with Gasteiger partial charge >= 0.3 is 0 Å². The van der Waals surface area contributed by atoms with Crippen molar-refractivity contribution in [2.45, 2.75) is 0 Å². The van der Waals surface area contributed by atoms with Gasteiger partial charge in [0.25, 0.3) is 0 Å². The van der Waals surface area contributed by atoms with E-state index < -0.39 is 0 Å². The van der Waals surface area contributed by atoms with E-state index in [1.807, 2.05) is 36.1 Å². The Morgan fingerprint density at radius 2 is 1.76 bits per heavy atom. The number of nitrogens with zero attached hydrogens (tertiary/aromatic N) is 6. The summed E-state index contributed by atoms with van der Waals surface area (Å²) in [4.78, 5) is 18.1.